The molecule has 0 aliphatic heterocycles. The Morgan fingerprint density at radius 1 is 1.25 bits per heavy atom. The largest absolute Gasteiger partial charge is 0.458 e. The Bertz CT molecular complexity index is 743. The van der Waals surface area contributed by atoms with Crippen LogP contribution in [0.2, 0.25) is 0 Å². The first kappa shape index (κ1) is 17.5. The summed E-state index contributed by atoms with van der Waals surface area (Å²) in [5.74, 6) is -0.624. The van der Waals surface area contributed by atoms with Gasteiger partial charge in [0.05, 0.1) is 5.56 Å². The average molecular weight is 338 g/mol. The van der Waals surface area contributed by atoms with E-state index in [0.717, 1.165) is 0 Å². The van der Waals surface area contributed by atoms with Crippen molar-refractivity contribution < 1.29 is 27.4 Å². The van der Waals surface area contributed by atoms with E-state index in [4.69, 9.17) is 9.47 Å². The number of halogens is 3. The smallest absolute Gasteiger partial charge is 0.433 e. The molecule has 0 fully saturated rings. The van der Waals surface area contributed by atoms with Crippen LogP contribution in [0.15, 0.2) is 43.0 Å². The van der Waals surface area contributed by atoms with Crippen molar-refractivity contribution >= 4 is 5.97 Å². The maximum absolute atomic E-state index is 12.7. The number of alkyl halides is 3. The second kappa shape index (κ2) is 7.12. The summed E-state index contributed by atoms with van der Waals surface area (Å²) in [6.07, 6.45) is -3.16. The predicted octanol–water partition coefficient (Wildman–Crippen LogP) is 3.94. The quantitative estimate of drug-likeness (QED) is 0.610. The van der Waals surface area contributed by atoms with Crippen molar-refractivity contribution in [3.8, 4) is 11.6 Å². The van der Waals surface area contributed by atoms with E-state index >= 15 is 0 Å². The minimum Gasteiger partial charge on any atom is -0.458 e. The van der Waals surface area contributed by atoms with Gasteiger partial charge < -0.3 is 9.47 Å². The number of esters is 1. The molecule has 0 atom stereocenters. The summed E-state index contributed by atoms with van der Waals surface area (Å²) in [4.78, 5) is 18.7. The summed E-state index contributed by atoms with van der Waals surface area (Å²) in [7, 11) is 0. The van der Waals surface area contributed by atoms with Gasteiger partial charge in [-0.2, -0.15) is 18.2 Å². The van der Waals surface area contributed by atoms with Crippen molar-refractivity contribution in [2.45, 2.75) is 13.1 Å². The highest BCUT2D eigenvalue weighted by Crippen LogP contribution is 2.30. The van der Waals surface area contributed by atoms with E-state index in [1.54, 1.807) is 0 Å². The normalized spacial score (nSPS) is 11.0. The van der Waals surface area contributed by atoms with Crippen LogP contribution in [-0.2, 0) is 10.9 Å². The second-order valence-corrected chi connectivity index (χ2v) is 4.65. The number of nitrogens with zero attached hydrogens (tertiary/aromatic N) is 2. The van der Waals surface area contributed by atoms with Crippen molar-refractivity contribution in [3.05, 3.63) is 60.1 Å². The lowest BCUT2D eigenvalue weighted by molar-refractivity contribution is -0.141. The van der Waals surface area contributed by atoms with Crippen molar-refractivity contribution in [1.82, 2.24) is 9.97 Å². The van der Waals surface area contributed by atoms with Gasteiger partial charge in [-0.1, -0.05) is 12.7 Å². The van der Waals surface area contributed by atoms with E-state index in [-0.39, 0.29) is 29.6 Å². The van der Waals surface area contributed by atoms with Crippen molar-refractivity contribution in [2.24, 2.45) is 0 Å². The Morgan fingerprint density at radius 3 is 2.50 bits per heavy atom. The summed E-state index contributed by atoms with van der Waals surface area (Å²) >= 11 is 0. The first-order valence-corrected chi connectivity index (χ1v) is 6.78. The van der Waals surface area contributed by atoms with Crippen LogP contribution in [0.5, 0.6) is 11.6 Å². The highest BCUT2D eigenvalue weighted by Gasteiger charge is 2.33. The van der Waals surface area contributed by atoms with Gasteiger partial charge in [0.15, 0.2) is 5.69 Å². The first-order valence-electron chi connectivity index (χ1n) is 6.78. The van der Waals surface area contributed by atoms with Crippen molar-refractivity contribution in [1.29, 1.82) is 0 Å². The van der Waals surface area contributed by atoms with Gasteiger partial charge in [-0.05, 0) is 31.2 Å². The molecule has 0 saturated heterocycles. The topological polar surface area (TPSA) is 61.3 Å². The second-order valence-electron chi connectivity index (χ2n) is 4.65. The fourth-order valence-corrected chi connectivity index (χ4v) is 1.74. The molecule has 0 N–H and O–H groups in total. The third-order valence-electron chi connectivity index (χ3n) is 2.75. The van der Waals surface area contributed by atoms with Gasteiger partial charge in [0.25, 0.3) is 0 Å². The Labute approximate surface area is 135 Å². The highest BCUT2D eigenvalue weighted by atomic mass is 19.4. The first-order chi connectivity index (χ1) is 11.3. The molecule has 0 aliphatic carbocycles. The average Bonchev–Trinajstić information content (AvgIpc) is 2.52. The third-order valence-corrected chi connectivity index (χ3v) is 2.75. The van der Waals surface area contributed by atoms with E-state index < -0.39 is 17.8 Å². The number of benzene rings is 1. The van der Waals surface area contributed by atoms with Crippen LogP contribution in [0.1, 0.15) is 21.9 Å². The van der Waals surface area contributed by atoms with Crippen LogP contribution >= 0.6 is 0 Å². The summed E-state index contributed by atoms with van der Waals surface area (Å²) in [6, 6.07) is 6.42. The monoisotopic (exact) mass is 338 g/mol. The van der Waals surface area contributed by atoms with Gasteiger partial charge in [0.2, 0.25) is 5.88 Å². The fraction of sp³-hybridized carbons (Fsp3) is 0.188. The number of hydrogen-bond acceptors (Lipinski definition) is 5. The summed E-state index contributed by atoms with van der Waals surface area (Å²) in [5, 5.41) is 0. The molecule has 1 heterocycles. The molecule has 8 heteroatoms. The van der Waals surface area contributed by atoms with Gasteiger partial charge in [-0.25, -0.2) is 9.78 Å². The molecule has 0 bridgehead atoms. The molecule has 0 saturated carbocycles. The van der Waals surface area contributed by atoms with Gasteiger partial charge in [0.1, 0.15) is 18.2 Å². The molecule has 5 nitrogen and oxygen atoms in total. The molecule has 1 aromatic heterocycles. The van der Waals surface area contributed by atoms with E-state index in [0.29, 0.717) is 6.07 Å². The molecule has 0 spiro atoms. The Morgan fingerprint density at radius 2 is 1.92 bits per heavy atom. The van der Waals surface area contributed by atoms with E-state index in [1.165, 1.54) is 37.3 Å². The van der Waals surface area contributed by atoms with Crippen LogP contribution in [0.3, 0.4) is 0 Å². The number of ether oxygens (including phenoxy) is 2. The summed E-state index contributed by atoms with van der Waals surface area (Å²) < 4.78 is 48.3. The maximum Gasteiger partial charge on any atom is 0.433 e. The Hall–Kier alpha value is -2.90. The van der Waals surface area contributed by atoms with Crippen molar-refractivity contribution in [2.75, 3.05) is 6.61 Å². The van der Waals surface area contributed by atoms with Crippen LogP contribution in [0, 0.1) is 6.92 Å². The zero-order valence-corrected chi connectivity index (χ0v) is 12.6. The molecule has 2 aromatic rings. The SMILES string of the molecule is C=CCOC(=O)c1ccc(Oc2cc(C(F)(F)F)nc(C)n2)cc1. The van der Waals surface area contributed by atoms with Crippen LogP contribution in [-0.4, -0.2) is 22.5 Å². The van der Waals surface area contributed by atoms with Gasteiger partial charge in [-0.3, -0.25) is 0 Å². The summed E-state index contributed by atoms with van der Waals surface area (Å²) in [6.45, 7) is 4.84. The lowest BCUT2D eigenvalue weighted by atomic mass is 10.2. The molecule has 0 unspecified atom stereocenters. The molecule has 126 valence electrons. The minimum atomic E-state index is -4.59. The predicted molar refractivity (Wildman–Crippen MR) is 78.8 cm³/mol. The van der Waals surface area contributed by atoms with E-state index in [1.807, 2.05) is 0 Å². The maximum atomic E-state index is 12.7. The molecule has 2 rings (SSSR count). The van der Waals surface area contributed by atoms with Crippen molar-refractivity contribution in [3.63, 3.8) is 0 Å². The molecular weight excluding hydrogens is 325 g/mol. The lowest BCUT2D eigenvalue weighted by Gasteiger charge is -2.10. The minimum absolute atomic E-state index is 0.0653. The number of aromatic nitrogens is 2. The van der Waals surface area contributed by atoms with Crippen LogP contribution < -0.4 is 4.74 Å². The Balaban J connectivity index is 2.15. The molecular formula is C16H13F3N2O3. The zero-order chi connectivity index (χ0) is 17.7. The number of carbonyl (C=O) groups excluding carboxylic acids is 1. The number of hydrogen-bond donors (Lipinski definition) is 0. The van der Waals surface area contributed by atoms with Crippen LogP contribution in [0.4, 0.5) is 13.2 Å². The molecule has 0 radical (unpaired) electrons. The standard InChI is InChI=1S/C16H13F3N2O3/c1-3-8-23-15(22)11-4-6-12(7-5-11)24-14-9-13(16(17,18)19)20-10(2)21-14/h3-7,9H,1,8H2,2H3. The summed E-state index contributed by atoms with van der Waals surface area (Å²) in [5.41, 5.74) is -0.811. The van der Waals surface area contributed by atoms with E-state index in [2.05, 4.69) is 16.5 Å². The number of aryl methyl sites for hydroxylation is 1. The third kappa shape index (κ3) is 4.55. The molecule has 0 amide bonds. The van der Waals surface area contributed by atoms with Gasteiger partial charge in [-0.15, -0.1) is 0 Å². The zero-order valence-electron chi connectivity index (χ0n) is 12.6. The number of carbonyl (C=O) groups is 1. The van der Waals surface area contributed by atoms with E-state index in [9.17, 15) is 18.0 Å². The molecule has 24 heavy (non-hydrogen) atoms. The highest BCUT2D eigenvalue weighted by molar-refractivity contribution is 5.89. The molecule has 1 aromatic carbocycles. The van der Waals surface area contributed by atoms with Gasteiger partial charge in [0, 0.05) is 6.07 Å². The Kier molecular flexibility index (Phi) is 5.18. The number of rotatable bonds is 5. The fourth-order valence-electron chi connectivity index (χ4n) is 1.74. The lowest BCUT2D eigenvalue weighted by Crippen LogP contribution is -2.10. The van der Waals surface area contributed by atoms with Crippen LogP contribution in [0.25, 0.3) is 0 Å². The van der Waals surface area contributed by atoms with Gasteiger partial charge >= 0.3 is 12.1 Å². The molecule has 0 aliphatic rings.